The molecule has 1 atom stereocenters. The van der Waals surface area contributed by atoms with Crippen molar-refractivity contribution >= 4 is 17.3 Å². The molecular formula is C19H23N3O2. The summed E-state index contributed by atoms with van der Waals surface area (Å²) in [5, 5.41) is 12.3. The van der Waals surface area contributed by atoms with E-state index in [0.717, 1.165) is 37.6 Å². The lowest BCUT2D eigenvalue weighted by molar-refractivity contribution is -0.120. The average Bonchev–Trinajstić information content (AvgIpc) is 2.63. The molecule has 126 valence electrons. The molecule has 1 heterocycles. The molecule has 0 radical (unpaired) electrons. The third kappa shape index (κ3) is 3.86. The SMILES string of the molecule is CC(C(=O)Nc1ccccc1)N1CCN(c2ccc(O)cc2)CC1. The maximum Gasteiger partial charge on any atom is 0.241 e. The third-order valence-corrected chi connectivity index (χ3v) is 4.50. The van der Waals surface area contributed by atoms with Crippen LogP contribution in [0.4, 0.5) is 11.4 Å². The predicted molar refractivity (Wildman–Crippen MR) is 96.4 cm³/mol. The van der Waals surface area contributed by atoms with Crippen LogP contribution in [0.1, 0.15) is 6.92 Å². The van der Waals surface area contributed by atoms with E-state index in [2.05, 4.69) is 15.1 Å². The number of aromatic hydroxyl groups is 1. The Balaban J connectivity index is 1.54. The number of piperazine rings is 1. The number of rotatable bonds is 4. The summed E-state index contributed by atoms with van der Waals surface area (Å²) in [5.41, 5.74) is 1.94. The van der Waals surface area contributed by atoms with Gasteiger partial charge < -0.3 is 15.3 Å². The van der Waals surface area contributed by atoms with Crippen LogP contribution in [-0.2, 0) is 4.79 Å². The van der Waals surface area contributed by atoms with Crippen LogP contribution < -0.4 is 10.2 Å². The second-order valence-electron chi connectivity index (χ2n) is 6.07. The molecule has 1 fully saturated rings. The lowest BCUT2D eigenvalue weighted by atomic mass is 10.2. The van der Waals surface area contributed by atoms with Crippen LogP contribution in [0, 0.1) is 0 Å². The van der Waals surface area contributed by atoms with Gasteiger partial charge in [-0.2, -0.15) is 0 Å². The molecule has 0 saturated carbocycles. The van der Waals surface area contributed by atoms with Gasteiger partial charge in [0.15, 0.2) is 0 Å². The van der Waals surface area contributed by atoms with Crippen molar-refractivity contribution in [3.05, 3.63) is 54.6 Å². The van der Waals surface area contributed by atoms with Crippen molar-refractivity contribution in [2.75, 3.05) is 36.4 Å². The minimum absolute atomic E-state index is 0.0271. The van der Waals surface area contributed by atoms with Crippen LogP contribution in [0.15, 0.2) is 54.6 Å². The lowest BCUT2D eigenvalue weighted by Crippen LogP contribution is -2.52. The molecule has 2 N–H and O–H groups in total. The maximum absolute atomic E-state index is 12.4. The number of hydrogen-bond acceptors (Lipinski definition) is 4. The van der Waals surface area contributed by atoms with Crippen LogP contribution in [0.2, 0.25) is 0 Å². The maximum atomic E-state index is 12.4. The summed E-state index contributed by atoms with van der Waals surface area (Å²) < 4.78 is 0. The minimum Gasteiger partial charge on any atom is -0.508 e. The number of carbonyl (C=O) groups is 1. The molecule has 2 aromatic rings. The quantitative estimate of drug-likeness (QED) is 0.907. The number of phenols is 1. The largest absolute Gasteiger partial charge is 0.508 e. The Morgan fingerprint density at radius 2 is 1.62 bits per heavy atom. The Morgan fingerprint density at radius 3 is 2.25 bits per heavy atom. The number of hydrogen-bond donors (Lipinski definition) is 2. The zero-order valence-corrected chi connectivity index (χ0v) is 13.9. The first-order chi connectivity index (χ1) is 11.6. The molecule has 0 spiro atoms. The van der Waals surface area contributed by atoms with Crippen molar-refractivity contribution in [2.45, 2.75) is 13.0 Å². The molecule has 3 rings (SSSR count). The Labute approximate surface area is 142 Å². The number of amides is 1. The van der Waals surface area contributed by atoms with E-state index in [4.69, 9.17) is 0 Å². The summed E-state index contributed by atoms with van der Waals surface area (Å²) in [6.07, 6.45) is 0. The molecular weight excluding hydrogens is 302 g/mol. The van der Waals surface area contributed by atoms with E-state index in [9.17, 15) is 9.90 Å². The molecule has 2 aromatic carbocycles. The molecule has 1 aliphatic heterocycles. The first kappa shape index (κ1) is 16.3. The number of benzene rings is 2. The number of nitrogens with one attached hydrogen (secondary N) is 1. The van der Waals surface area contributed by atoms with Gasteiger partial charge in [0.1, 0.15) is 5.75 Å². The highest BCUT2D eigenvalue weighted by Crippen LogP contribution is 2.20. The monoisotopic (exact) mass is 325 g/mol. The summed E-state index contributed by atoms with van der Waals surface area (Å²) in [4.78, 5) is 16.9. The van der Waals surface area contributed by atoms with Gasteiger partial charge in [0.05, 0.1) is 6.04 Å². The third-order valence-electron chi connectivity index (χ3n) is 4.50. The van der Waals surface area contributed by atoms with Crippen molar-refractivity contribution in [1.29, 1.82) is 0 Å². The Morgan fingerprint density at radius 1 is 1.00 bits per heavy atom. The molecule has 1 aliphatic rings. The second kappa shape index (κ2) is 7.36. The van der Waals surface area contributed by atoms with E-state index in [1.165, 1.54) is 0 Å². The van der Waals surface area contributed by atoms with E-state index in [1.807, 2.05) is 49.4 Å². The molecule has 1 unspecified atom stereocenters. The number of para-hydroxylation sites is 1. The van der Waals surface area contributed by atoms with Crippen molar-refractivity contribution in [3.8, 4) is 5.75 Å². The first-order valence-electron chi connectivity index (χ1n) is 8.27. The molecule has 5 heteroatoms. The van der Waals surface area contributed by atoms with Crippen LogP contribution in [0.3, 0.4) is 0 Å². The normalized spacial score (nSPS) is 16.6. The Hall–Kier alpha value is -2.53. The fourth-order valence-electron chi connectivity index (χ4n) is 2.96. The van der Waals surface area contributed by atoms with Crippen LogP contribution in [0.5, 0.6) is 5.75 Å². The highest BCUT2D eigenvalue weighted by Gasteiger charge is 2.25. The van der Waals surface area contributed by atoms with Crippen molar-refractivity contribution in [2.24, 2.45) is 0 Å². The van der Waals surface area contributed by atoms with Crippen LogP contribution in [0.25, 0.3) is 0 Å². The first-order valence-corrected chi connectivity index (χ1v) is 8.27. The molecule has 24 heavy (non-hydrogen) atoms. The number of carbonyl (C=O) groups excluding carboxylic acids is 1. The van der Waals surface area contributed by atoms with Gasteiger partial charge in [0, 0.05) is 37.6 Å². The molecule has 0 bridgehead atoms. The molecule has 0 aromatic heterocycles. The van der Waals surface area contributed by atoms with Crippen LogP contribution >= 0.6 is 0 Å². The topological polar surface area (TPSA) is 55.8 Å². The number of nitrogens with zero attached hydrogens (tertiary/aromatic N) is 2. The van der Waals surface area contributed by atoms with Gasteiger partial charge in [0.2, 0.25) is 5.91 Å². The highest BCUT2D eigenvalue weighted by molar-refractivity contribution is 5.94. The molecule has 1 amide bonds. The number of phenolic OH excluding ortho intramolecular Hbond substituents is 1. The van der Waals surface area contributed by atoms with Crippen molar-refractivity contribution in [1.82, 2.24) is 4.90 Å². The minimum atomic E-state index is -0.160. The van der Waals surface area contributed by atoms with Crippen LogP contribution in [-0.4, -0.2) is 48.1 Å². The van der Waals surface area contributed by atoms with Gasteiger partial charge in [-0.3, -0.25) is 9.69 Å². The fourth-order valence-corrected chi connectivity index (χ4v) is 2.96. The lowest BCUT2D eigenvalue weighted by Gasteiger charge is -2.38. The van der Waals surface area contributed by atoms with Crippen molar-refractivity contribution in [3.63, 3.8) is 0 Å². The van der Waals surface area contributed by atoms with Crippen molar-refractivity contribution < 1.29 is 9.90 Å². The standard InChI is InChI=1S/C19H23N3O2/c1-15(19(24)20-16-5-3-2-4-6-16)21-11-13-22(14-12-21)17-7-9-18(23)10-8-17/h2-10,15,23H,11-14H2,1H3,(H,20,24). The zero-order valence-electron chi connectivity index (χ0n) is 13.9. The summed E-state index contributed by atoms with van der Waals surface area (Å²) in [7, 11) is 0. The van der Waals surface area contributed by atoms with Gasteiger partial charge in [0.25, 0.3) is 0 Å². The molecule has 0 aliphatic carbocycles. The smallest absolute Gasteiger partial charge is 0.241 e. The Kier molecular flexibility index (Phi) is 5.01. The average molecular weight is 325 g/mol. The van der Waals surface area contributed by atoms with Gasteiger partial charge >= 0.3 is 0 Å². The van der Waals surface area contributed by atoms with E-state index in [0.29, 0.717) is 0 Å². The van der Waals surface area contributed by atoms with Gasteiger partial charge in [-0.05, 0) is 43.3 Å². The summed E-state index contributed by atoms with van der Waals surface area (Å²) in [5.74, 6) is 0.308. The van der Waals surface area contributed by atoms with Gasteiger partial charge in [-0.1, -0.05) is 18.2 Å². The van der Waals surface area contributed by atoms with E-state index in [-0.39, 0.29) is 17.7 Å². The predicted octanol–water partition coefficient (Wildman–Crippen LogP) is 2.54. The summed E-state index contributed by atoms with van der Waals surface area (Å²) in [6.45, 7) is 5.37. The molecule has 5 nitrogen and oxygen atoms in total. The van der Waals surface area contributed by atoms with Gasteiger partial charge in [-0.25, -0.2) is 0 Å². The van der Waals surface area contributed by atoms with E-state index in [1.54, 1.807) is 12.1 Å². The highest BCUT2D eigenvalue weighted by atomic mass is 16.3. The fraction of sp³-hybridized carbons (Fsp3) is 0.316. The van der Waals surface area contributed by atoms with E-state index < -0.39 is 0 Å². The summed E-state index contributed by atoms with van der Waals surface area (Å²) >= 11 is 0. The summed E-state index contributed by atoms with van der Waals surface area (Å²) in [6, 6.07) is 16.7. The second-order valence-corrected chi connectivity index (χ2v) is 6.07. The zero-order chi connectivity index (χ0) is 16.9. The van der Waals surface area contributed by atoms with Gasteiger partial charge in [-0.15, -0.1) is 0 Å². The number of anilines is 2. The van der Waals surface area contributed by atoms with E-state index >= 15 is 0 Å². The Bertz CT molecular complexity index is 665. The molecule has 1 saturated heterocycles.